The van der Waals surface area contributed by atoms with E-state index >= 15 is 0 Å². The van der Waals surface area contributed by atoms with Crippen LogP contribution in [-0.4, -0.2) is 48.7 Å². The molecule has 1 radical (unpaired) electrons. The fourth-order valence-electron chi connectivity index (χ4n) is 1.49. The van der Waals surface area contributed by atoms with Crippen LogP contribution in [0.1, 0.15) is 13.3 Å². The van der Waals surface area contributed by atoms with Gasteiger partial charge in [-0.2, -0.15) is 0 Å². The Hall–Kier alpha value is 0.0949. The standard InChI is InChI=1S/C8H17BO6P/c1-3-13-16(11,12)14-5-7-6(10)4-8(9-2)15-7/h6-8,10H,3-5H2,1-2H3,(H,11,12). The second kappa shape index (κ2) is 6.14. The van der Waals surface area contributed by atoms with Crippen LogP contribution < -0.4 is 0 Å². The third-order valence-corrected chi connectivity index (χ3v) is 3.38. The Balaban J connectivity index is 2.35. The Morgan fingerprint density at radius 3 is 2.75 bits per heavy atom. The van der Waals surface area contributed by atoms with Crippen LogP contribution in [0.25, 0.3) is 0 Å². The second-order valence-electron chi connectivity index (χ2n) is 3.53. The first-order chi connectivity index (χ1) is 7.48. The SMILES string of the molecule is C[B]C1CC(O)C(COP(=O)(O)OCC)O1. The zero-order valence-corrected chi connectivity index (χ0v) is 10.3. The highest BCUT2D eigenvalue weighted by atomic mass is 31.2. The summed E-state index contributed by atoms with van der Waals surface area (Å²) in [5.41, 5.74) is 0. The number of ether oxygens (including phenoxy) is 1. The van der Waals surface area contributed by atoms with Crippen molar-refractivity contribution in [3.63, 3.8) is 0 Å². The highest BCUT2D eigenvalue weighted by Crippen LogP contribution is 2.43. The number of hydrogen-bond donors (Lipinski definition) is 2. The molecule has 1 heterocycles. The molecular formula is C8H17BO6P. The van der Waals surface area contributed by atoms with E-state index in [2.05, 4.69) is 4.52 Å². The number of rotatable bonds is 6. The molecule has 0 aliphatic carbocycles. The number of phosphoric acid groups is 1. The summed E-state index contributed by atoms with van der Waals surface area (Å²) in [4.78, 5) is 9.15. The van der Waals surface area contributed by atoms with Crippen molar-refractivity contribution in [2.75, 3.05) is 13.2 Å². The monoisotopic (exact) mass is 251 g/mol. The molecule has 0 aromatic heterocycles. The molecule has 1 aliphatic heterocycles. The van der Waals surface area contributed by atoms with E-state index in [1.165, 1.54) is 0 Å². The van der Waals surface area contributed by atoms with Crippen molar-refractivity contribution < 1.29 is 28.3 Å². The van der Waals surface area contributed by atoms with Gasteiger partial charge in [0, 0.05) is 6.00 Å². The maximum atomic E-state index is 11.2. The summed E-state index contributed by atoms with van der Waals surface area (Å²) >= 11 is 0. The molecule has 1 aliphatic rings. The van der Waals surface area contributed by atoms with E-state index in [0.29, 0.717) is 6.42 Å². The number of aliphatic hydroxyl groups excluding tert-OH is 1. The molecule has 6 nitrogen and oxygen atoms in total. The predicted molar refractivity (Wildman–Crippen MR) is 58.3 cm³/mol. The third kappa shape index (κ3) is 4.16. The molecule has 0 spiro atoms. The van der Waals surface area contributed by atoms with Crippen molar-refractivity contribution in [1.29, 1.82) is 0 Å². The Morgan fingerprint density at radius 2 is 2.25 bits per heavy atom. The molecule has 0 aromatic rings. The summed E-state index contributed by atoms with van der Waals surface area (Å²) in [6.07, 6.45) is -0.778. The minimum atomic E-state index is -4.00. The van der Waals surface area contributed by atoms with E-state index in [-0.39, 0.29) is 19.2 Å². The van der Waals surface area contributed by atoms with Gasteiger partial charge in [0.1, 0.15) is 13.4 Å². The highest BCUT2D eigenvalue weighted by Gasteiger charge is 2.35. The summed E-state index contributed by atoms with van der Waals surface area (Å²) in [5, 5.41) is 9.58. The van der Waals surface area contributed by atoms with Crippen LogP contribution in [0.5, 0.6) is 0 Å². The van der Waals surface area contributed by atoms with Crippen LogP contribution in [0.3, 0.4) is 0 Å². The molecule has 1 fully saturated rings. The molecule has 1 rings (SSSR count). The topological polar surface area (TPSA) is 85.2 Å². The van der Waals surface area contributed by atoms with Crippen LogP contribution in [0.2, 0.25) is 6.82 Å². The maximum absolute atomic E-state index is 11.2. The molecular weight excluding hydrogens is 234 g/mol. The zero-order chi connectivity index (χ0) is 12.2. The first-order valence-corrected chi connectivity index (χ1v) is 6.73. The van der Waals surface area contributed by atoms with Crippen molar-refractivity contribution in [3.8, 4) is 0 Å². The van der Waals surface area contributed by atoms with Crippen molar-refractivity contribution in [2.45, 2.75) is 38.4 Å². The van der Waals surface area contributed by atoms with Gasteiger partial charge in [0.15, 0.2) is 0 Å². The predicted octanol–water partition coefficient (Wildman–Crippen LogP) is 0.368. The van der Waals surface area contributed by atoms with E-state index in [0.717, 1.165) is 0 Å². The van der Waals surface area contributed by atoms with Gasteiger partial charge in [-0.1, -0.05) is 6.82 Å². The number of phosphoric ester groups is 1. The second-order valence-corrected chi connectivity index (χ2v) is 4.98. The average Bonchev–Trinajstić information content (AvgIpc) is 2.56. The molecule has 8 heteroatoms. The van der Waals surface area contributed by atoms with E-state index in [1.807, 2.05) is 14.1 Å². The first kappa shape index (κ1) is 14.2. The van der Waals surface area contributed by atoms with Crippen molar-refractivity contribution in [3.05, 3.63) is 0 Å². The summed E-state index contributed by atoms with van der Waals surface area (Å²) in [7, 11) is -2.18. The van der Waals surface area contributed by atoms with Crippen LogP contribution in [0.4, 0.5) is 0 Å². The van der Waals surface area contributed by atoms with E-state index < -0.39 is 20.0 Å². The summed E-state index contributed by atoms with van der Waals surface area (Å²) in [6.45, 7) is 3.36. The van der Waals surface area contributed by atoms with E-state index in [1.54, 1.807) is 6.92 Å². The number of aliphatic hydroxyl groups is 1. The van der Waals surface area contributed by atoms with Crippen molar-refractivity contribution >= 4 is 15.1 Å². The lowest BCUT2D eigenvalue weighted by Gasteiger charge is -2.17. The van der Waals surface area contributed by atoms with Gasteiger partial charge in [-0.15, -0.1) is 0 Å². The molecule has 2 N–H and O–H groups in total. The van der Waals surface area contributed by atoms with Crippen LogP contribution in [0.15, 0.2) is 0 Å². The smallest absolute Gasteiger partial charge is 0.390 e. The lowest BCUT2D eigenvalue weighted by atomic mass is 9.73. The maximum Gasteiger partial charge on any atom is 0.472 e. The fourth-order valence-corrected chi connectivity index (χ4v) is 2.23. The Bertz CT molecular complexity index is 263. The highest BCUT2D eigenvalue weighted by molar-refractivity contribution is 7.47. The molecule has 1 saturated heterocycles. The normalized spacial score (nSPS) is 33.6. The largest absolute Gasteiger partial charge is 0.472 e. The van der Waals surface area contributed by atoms with Crippen LogP contribution in [0, 0.1) is 0 Å². The molecule has 16 heavy (non-hydrogen) atoms. The Labute approximate surface area is 95.8 Å². The first-order valence-electron chi connectivity index (χ1n) is 5.23. The molecule has 0 aromatic carbocycles. The van der Waals surface area contributed by atoms with Crippen molar-refractivity contribution in [1.82, 2.24) is 0 Å². The fraction of sp³-hybridized carbons (Fsp3) is 1.00. The van der Waals surface area contributed by atoms with Gasteiger partial charge in [-0.05, 0) is 13.3 Å². The quantitative estimate of drug-likeness (QED) is 0.524. The van der Waals surface area contributed by atoms with Crippen molar-refractivity contribution in [2.24, 2.45) is 0 Å². The van der Waals surface area contributed by atoms with E-state index in [9.17, 15) is 9.67 Å². The van der Waals surface area contributed by atoms with Gasteiger partial charge in [0.05, 0.1) is 19.3 Å². The Morgan fingerprint density at radius 1 is 1.56 bits per heavy atom. The van der Waals surface area contributed by atoms with E-state index in [4.69, 9.17) is 14.2 Å². The van der Waals surface area contributed by atoms with Gasteiger partial charge < -0.3 is 14.7 Å². The van der Waals surface area contributed by atoms with Gasteiger partial charge >= 0.3 is 7.82 Å². The zero-order valence-electron chi connectivity index (χ0n) is 9.41. The van der Waals surface area contributed by atoms with Crippen LogP contribution in [-0.2, 0) is 18.3 Å². The van der Waals surface area contributed by atoms with Crippen LogP contribution >= 0.6 is 7.82 Å². The minimum Gasteiger partial charge on any atom is -0.390 e. The third-order valence-electron chi connectivity index (χ3n) is 2.32. The summed E-state index contributed by atoms with van der Waals surface area (Å²) in [5.74, 6) is 0. The molecule has 4 unspecified atom stereocenters. The summed E-state index contributed by atoms with van der Waals surface area (Å²) in [6, 6.07) is -0.131. The van der Waals surface area contributed by atoms with Gasteiger partial charge in [0.25, 0.3) is 0 Å². The molecule has 0 saturated carbocycles. The van der Waals surface area contributed by atoms with Gasteiger partial charge in [0.2, 0.25) is 0 Å². The lowest BCUT2D eigenvalue weighted by molar-refractivity contribution is -0.00717. The Kier molecular flexibility index (Phi) is 5.44. The molecule has 0 bridgehead atoms. The number of hydrogen-bond acceptors (Lipinski definition) is 5. The molecule has 93 valence electrons. The molecule has 0 amide bonds. The lowest BCUT2D eigenvalue weighted by Crippen LogP contribution is -2.26. The summed E-state index contributed by atoms with van der Waals surface area (Å²) < 4.78 is 25.8. The van der Waals surface area contributed by atoms with Gasteiger partial charge in [-0.3, -0.25) is 9.05 Å². The van der Waals surface area contributed by atoms with Gasteiger partial charge in [-0.25, -0.2) is 4.57 Å². The average molecular weight is 251 g/mol. The minimum absolute atomic E-state index is 0.0905. The molecule has 4 atom stereocenters.